The number of fused-ring (bicyclic) bond motifs is 3. The molecule has 2 aromatic heterocycles. The fourth-order valence-corrected chi connectivity index (χ4v) is 4.51. The van der Waals surface area contributed by atoms with Crippen LogP contribution in [0, 0.1) is 5.92 Å². The highest BCUT2D eigenvalue weighted by atomic mass is 16.5. The summed E-state index contributed by atoms with van der Waals surface area (Å²) in [7, 11) is 3.26. The first-order valence-corrected chi connectivity index (χ1v) is 10.8. The van der Waals surface area contributed by atoms with Crippen LogP contribution in [0.5, 0.6) is 11.5 Å². The number of ether oxygens (including phenoxy) is 2. The zero-order valence-corrected chi connectivity index (χ0v) is 18.0. The molecular weight excluding hydrogens is 390 g/mol. The minimum Gasteiger partial charge on any atom is -0.493 e. The summed E-state index contributed by atoms with van der Waals surface area (Å²) < 4.78 is 12.8. The van der Waals surface area contributed by atoms with Gasteiger partial charge in [0.05, 0.1) is 26.3 Å². The van der Waals surface area contributed by atoms with Gasteiger partial charge in [-0.1, -0.05) is 30.3 Å². The minimum absolute atomic E-state index is 0.657. The molecule has 31 heavy (non-hydrogen) atoms. The number of nitrogens with zero attached hydrogens (tertiary/aromatic N) is 5. The lowest BCUT2D eigenvalue weighted by atomic mass is 9.90. The minimum atomic E-state index is 0.657. The fraction of sp³-hybridized carbons (Fsp3) is 0.375. The molecule has 0 bridgehead atoms. The van der Waals surface area contributed by atoms with E-state index in [1.807, 2.05) is 16.5 Å². The van der Waals surface area contributed by atoms with Crippen molar-refractivity contribution in [3.8, 4) is 11.5 Å². The van der Waals surface area contributed by atoms with E-state index in [0.717, 1.165) is 47.9 Å². The van der Waals surface area contributed by atoms with Crippen LogP contribution in [-0.2, 0) is 13.0 Å². The van der Waals surface area contributed by atoms with E-state index in [2.05, 4.69) is 50.4 Å². The molecule has 160 valence electrons. The zero-order valence-electron chi connectivity index (χ0n) is 18.0. The van der Waals surface area contributed by atoms with Crippen molar-refractivity contribution in [3.63, 3.8) is 0 Å². The van der Waals surface area contributed by atoms with Gasteiger partial charge in [-0.15, -0.1) is 10.2 Å². The van der Waals surface area contributed by atoms with Gasteiger partial charge in [0.15, 0.2) is 23.0 Å². The van der Waals surface area contributed by atoms with Crippen LogP contribution >= 0.6 is 0 Å². The Bertz CT molecular complexity index is 1180. The van der Waals surface area contributed by atoms with E-state index < -0.39 is 0 Å². The standard InChI is InChI=1S/C24H27N5O2/c1-30-21-13-19-20(14-22(21)31-2)25-16-29-23(26-27-24(19)29)15-28-10-8-18(9-11-28)12-17-6-4-3-5-7-17/h3-7,13-14,16,18H,8-12,15H2,1-2H3. The van der Waals surface area contributed by atoms with Crippen molar-refractivity contribution in [2.75, 3.05) is 27.3 Å². The highest BCUT2D eigenvalue weighted by Gasteiger charge is 2.21. The van der Waals surface area contributed by atoms with E-state index >= 15 is 0 Å². The molecule has 4 aromatic rings. The molecule has 0 N–H and O–H groups in total. The molecule has 1 aliphatic rings. The van der Waals surface area contributed by atoms with E-state index in [9.17, 15) is 0 Å². The molecule has 7 nitrogen and oxygen atoms in total. The number of rotatable bonds is 6. The molecule has 0 aliphatic carbocycles. The van der Waals surface area contributed by atoms with E-state index in [1.165, 1.54) is 24.8 Å². The molecule has 0 radical (unpaired) electrons. The maximum Gasteiger partial charge on any atom is 0.171 e. The smallest absolute Gasteiger partial charge is 0.171 e. The second-order valence-corrected chi connectivity index (χ2v) is 8.19. The number of benzene rings is 2. The van der Waals surface area contributed by atoms with Crippen molar-refractivity contribution in [1.29, 1.82) is 0 Å². The molecule has 0 unspecified atom stereocenters. The largest absolute Gasteiger partial charge is 0.493 e. The first-order chi connectivity index (χ1) is 15.2. The van der Waals surface area contributed by atoms with Crippen molar-refractivity contribution in [1.82, 2.24) is 24.5 Å². The Morgan fingerprint density at radius 2 is 1.71 bits per heavy atom. The average Bonchev–Trinajstić information content (AvgIpc) is 3.23. The maximum atomic E-state index is 5.46. The Balaban J connectivity index is 1.31. The molecular formula is C24H27N5O2. The Labute approximate surface area is 181 Å². The van der Waals surface area contributed by atoms with Gasteiger partial charge in [-0.05, 0) is 49.9 Å². The lowest BCUT2D eigenvalue weighted by molar-refractivity contribution is 0.173. The number of piperidine rings is 1. The van der Waals surface area contributed by atoms with Crippen molar-refractivity contribution in [2.24, 2.45) is 5.92 Å². The molecule has 2 aromatic carbocycles. The van der Waals surface area contributed by atoms with Gasteiger partial charge in [0, 0.05) is 11.5 Å². The van der Waals surface area contributed by atoms with Crippen LogP contribution in [0.25, 0.3) is 16.6 Å². The predicted molar refractivity (Wildman–Crippen MR) is 120 cm³/mol. The van der Waals surface area contributed by atoms with Crippen LogP contribution in [0.15, 0.2) is 48.8 Å². The van der Waals surface area contributed by atoms with Crippen LogP contribution in [0.3, 0.4) is 0 Å². The first kappa shape index (κ1) is 19.8. The summed E-state index contributed by atoms with van der Waals surface area (Å²) in [6.07, 6.45) is 5.40. The normalized spacial score (nSPS) is 15.5. The zero-order chi connectivity index (χ0) is 21.2. The summed E-state index contributed by atoms with van der Waals surface area (Å²) in [5, 5.41) is 9.85. The van der Waals surface area contributed by atoms with Gasteiger partial charge in [-0.2, -0.15) is 0 Å². The number of hydrogen-bond donors (Lipinski definition) is 0. The summed E-state index contributed by atoms with van der Waals surface area (Å²) >= 11 is 0. The van der Waals surface area contributed by atoms with Crippen LogP contribution in [0.1, 0.15) is 24.2 Å². The molecule has 0 amide bonds. The number of hydrogen-bond acceptors (Lipinski definition) is 6. The second-order valence-electron chi connectivity index (χ2n) is 8.19. The predicted octanol–water partition coefficient (Wildman–Crippen LogP) is 3.75. The topological polar surface area (TPSA) is 64.8 Å². The third-order valence-electron chi connectivity index (χ3n) is 6.26. The summed E-state index contributed by atoms with van der Waals surface area (Å²) in [5.74, 6) is 2.99. The van der Waals surface area contributed by atoms with Crippen LogP contribution in [0.2, 0.25) is 0 Å². The highest BCUT2D eigenvalue weighted by Crippen LogP contribution is 2.32. The van der Waals surface area contributed by atoms with Crippen molar-refractivity contribution >= 4 is 16.6 Å². The second kappa shape index (κ2) is 8.51. The highest BCUT2D eigenvalue weighted by molar-refractivity contribution is 5.93. The molecule has 0 spiro atoms. The van der Waals surface area contributed by atoms with Crippen LogP contribution < -0.4 is 9.47 Å². The Kier molecular flexibility index (Phi) is 5.42. The van der Waals surface area contributed by atoms with Crippen molar-refractivity contribution < 1.29 is 9.47 Å². The summed E-state index contributed by atoms with van der Waals surface area (Å²) in [6, 6.07) is 14.6. The van der Waals surface area contributed by atoms with Crippen LogP contribution in [-0.4, -0.2) is 51.8 Å². The fourth-order valence-electron chi connectivity index (χ4n) is 4.51. The summed E-state index contributed by atoms with van der Waals surface area (Å²) in [5.41, 5.74) is 3.04. The third kappa shape index (κ3) is 3.93. The lowest BCUT2D eigenvalue weighted by Gasteiger charge is -2.31. The summed E-state index contributed by atoms with van der Waals surface area (Å²) in [6.45, 7) is 2.94. The first-order valence-electron chi connectivity index (χ1n) is 10.8. The monoisotopic (exact) mass is 417 g/mol. The van der Waals surface area contributed by atoms with Gasteiger partial charge in [-0.3, -0.25) is 9.30 Å². The van der Waals surface area contributed by atoms with Gasteiger partial charge < -0.3 is 9.47 Å². The molecule has 1 fully saturated rings. The Morgan fingerprint density at radius 1 is 0.968 bits per heavy atom. The van der Waals surface area contributed by atoms with E-state index in [1.54, 1.807) is 20.5 Å². The molecule has 1 aliphatic heterocycles. The summed E-state index contributed by atoms with van der Waals surface area (Å²) in [4.78, 5) is 7.08. The van der Waals surface area contributed by atoms with Gasteiger partial charge in [0.2, 0.25) is 0 Å². The molecule has 0 saturated carbocycles. The quantitative estimate of drug-likeness (QED) is 0.476. The molecule has 0 atom stereocenters. The molecule has 7 heteroatoms. The third-order valence-corrected chi connectivity index (χ3v) is 6.26. The van der Waals surface area contributed by atoms with Gasteiger partial charge in [0.25, 0.3) is 0 Å². The SMILES string of the molecule is COc1cc2ncn3c(CN4CCC(Cc5ccccc5)CC4)nnc3c2cc1OC. The number of likely N-dealkylation sites (tertiary alicyclic amines) is 1. The maximum absolute atomic E-state index is 5.46. The average molecular weight is 418 g/mol. The van der Waals surface area contributed by atoms with E-state index in [-0.39, 0.29) is 0 Å². The van der Waals surface area contributed by atoms with Gasteiger partial charge in [-0.25, -0.2) is 4.98 Å². The molecule has 1 saturated heterocycles. The number of methoxy groups -OCH3 is 2. The Hall–Kier alpha value is -3.19. The van der Waals surface area contributed by atoms with Crippen molar-refractivity contribution in [2.45, 2.75) is 25.8 Å². The van der Waals surface area contributed by atoms with E-state index in [4.69, 9.17) is 9.47 Å². The van der Waals surface area contributed by atoms with Crippen molar-refractivity contribution in [3.05, 3.63) is 60.2 Å². The Morgan fingerprint density at radius 3 is 2.45 bits per heavy atom. The van der Waals surface area contributed by atoms with Crippen LogP contribution in [0.4, 0.5) is 0 Å². The van der Waals surface area contributed by atoms with Gasteiger partial charge in [0.1, 0.15) is 6.33 Å². The number of aromatic nitrogens is 4. The molecule has 5 rings (SSSR count). The van der Waals surface area contributed by atoms with Gasteiger partial charge >= 0.3 is 0 Å². The lowest BCUT2D eigenvalue weighted by Crippen LogP contribution is -2.34. The van der Waals surface area contributed by atoms with E-state index in [0.29, 0.717) is 11.5 Å². The molecule has 3 heterocycles.